The van der Waals surface area contributed by atoms with Gasteiger partial charge in [0, 0.05) is 21.8 Å². The predicted molar refractivity (Wildman–Crippen MR) is 138 cm³/mol. The summed E-state index contributed by atoms with van der Waals surface area (Å²) in [5.41, 5.74) is 4.95. The van der Waals surface area contributed by atoms with Crippen LogP contribution in [0.5, 0.6) is 11.5 Å². The second kappa shape index (κ2) is 11.5. The van der Waals surface area contributed by atoms with Gasteiger partial charge >= 0.3 is 0 Å². The zero-order valence-electron chi connectivity index (χ0n) is 19.0. The molecule has 0 atom stereocenters. The van der Waals surface area contributed by atoms with E-state index in [1.54, 1.807) is 32.4 Å². The van der Waals surface area contributed by atoms with Crippen molar-refractivity contribution in [3.05, 3.63) is 83.4 Å². The van der Waals surface area contributed by atoms with Crippen molar-refractivity contribution in [2.45, 2.75) is 5.16 Å². The first kappa shape index (κ1) is 24.3. The van der Waals surface area contributed by atoms with Crippen LogP contribution in [0, 0.1) is 0 Å². The van der Waals surface area contributed by atoms with E-state index in [2.05, 4.69) is 20.7 Å². The van der Waals surface area contributed by atoms with E-state index in [-0.39, 0.29) is 11.7 Å². The molecule has 0 aliphatic carbocycles. The average molecular weight is 508 g/mol. The van der Waals surface area contributed by atoms with Gasteiger partial charge in [-0.05, 0) is 36.4 Å². The van der Waals surface area contributed by atoms with E-state index in [0.717, 1.165) is 11.3 Å². The zero-order chi connectivity index (χ0) is 24.6. The molecule has 4 aromatic rings. The molecule has 0 bridgehead atoms. The van der Waals surface area contributed by atoms with E-state index in [4.69, 9.17) is 21.1 Å². The van der Waals surface area contributed by atoms with Gasteiger partial charge in [0.05, 0.1) is 26.2 Å². The van der Waals surface area contributed by atoms with Crippen molar-refractivity contribution in [3.8, 4) is 28.6 Å². The number of para-hydroxylation sites is 1. The first-order chi connectivity index (χ1) is 17.1. The van der Waals surface area contributed by atoms with Crippen LogP contribution >= 0.6 is 23.4 Å². The summed E-state index contributed by atoms with van der Waals surface area (Å²) < 4.78 is 12.5. The lowest BCUT2D eigenvalue weighted by Gasteiger charge is -2.10. The van der Waals surface area contributed by atoms with Gasteiger partial charge in [-0.25, -0.2) is 5.43 Å². The van der Waals surface area contributed by atoms with E-state index >= 15 is 0 Å². The number of carbonyl (C=O) groups excluding carboxylic acids is 1. The molecule has 178 valence electrons. The minimum absolute atomic E-state index is 0.0904. The van der Waals surface area contributed by atoms with Gasteiger partial charge in [0.1, 0.15) is 0 Å². The lowest BCUT2D eigenvalue weighted by molar-refractivity contribution is -0.118. The summed E-state index contributed by atoms with van der Waals surface area (Å²) in [5.74, 6) is 1.58. The number of rotatable bonds is 9. The Balaban J connectivity index is 1.49. The molecule has 0 fully saturated rings. The fraction of sp³-hybridized carbons (Fsp3) is 0.120. The highest BCUT2D eigenvalue weighted by atomic mass is 35.5. The van der Waals surface area contributed by atoms with Crippen molar-refractivity contribution in [2.24, 2.45) is 5.10 Å². The zero-order valence-corrected chi connectivity index (χ0v) is 20.6. The SMILES string of the molecule is COc1cccc(/C=N\NC(=O)CSc2nnc(-c3ccccc3)n2-c2ccc(Cl)cc2)c1OC. The molecule has 0 aliphatic heterocycles. The summed E-state index contributed by atoms with van der Waals surface area (Å²) in [6, 6.07) is 22.5. The number of hydrogen-bond donors (Lipinski definition) is 1. The van der Waals surface area contributed by atoms with Crippen molar-refractivity contribution < 1.29 is 14.3 Å². The van der Waals surface area contributed by atoms with Gasteiger partial charge < -0.3 is 9.47 Å². The summed E-state index contributed by atoms with van der Waals surface area (Å²) in [5, 5.41) is 13.9. The van der Waals surface area contributed by atoms with Gasteiger partial charge in [-0.15, -0.1) is 10.2 Å². The molecule has 8 nitrogen and oxygen atoms in total. The minimum Gasteiger partial charge on any atom is -0.493 e. The molecule has 0 unspecified atom stereocenters. The summed E-state index contributed by atoms with van der Waals surface area (Å²) in [6.07, 6.45) is 1.51. The molecule has 1 heterocycles. The number of thioether (sulfide) groups is 1. The molecule has 4 rings (SSSR count). The van der Waals surface area contributed by atoms with Crippen LogP contribution in [-0.4, -0.2) is 46.9 Å². The molecule has 0 spiro atoms. The molecule has 0 saturated heterocycles. The summed E-state index contributed by atoms with van der Waals surface area (Å²) in [6.45, 7) is 0. The maximum Gasteiger partial charge on any atom is 0.250 e. The van der Waals surface area contributed by atoms with Gasteiger partial charge in [-0.3, -0.25) is 9.36 Å². The Morgan fingerprint density at radius 2 is 1.80 bits per heavy atom. The van der Waals surface area contributed by atoms with Crippen LogP contribution in [0.25, 0.3) is 17.1 Å². The highest BCUT2D eigenvalue weighted by Gasteiger charge is 2.17. The van der Waals surface area contributed by atoms with Crippen molar-refractivity contribution >= 4 is 35.5 Å². The number of methoxy groups -OCH3 is 2. The van der Waals surface area contributed by atoms with Crippen LogP contribution in [0.15, 0.2) is 83.1 Å². The van der Waals surface area contributed by atoms with E-state index < -0.39 is 0 Å². The molecule has 0 aliphatic rings. The molecular weight excluding hydrogens is 486 g/mol. The molecule has 3 aromatic carbocycles. The lowest BCUT2D eigenvalue weighted by Crippen LogP contribution is -2.20. The number of hydrogen-bond acceptors (Lipinski definition) is 7. The number of nitrogens with one attached hydrogen (secondary N) is 1. The normalized spacial score (nSPS) is 10.9. The molecule has 10 heteroatoms. The molecule has 1 aromatic heterocycles. The lowest BCUT2D eigenvalue weighted by atomic mass is 10.2. The van der Waals surface area contributed by atoms with Crippen LogP contribution in [0.1, 0.15) is 5.56 Å². The molecule has 35 heavy (non-hydrogen) atoms. The second-order valence-electron chi connectivity index (χ2n) is 7.15. The van der Waals surface area contributed by atoms with Gasteiger partial charge in [0.25, 0.3) is 5.91 Å². The Hall–Kier alpha value is -3.82. The maximum absolute atomic E-state index is 12.5. The van der Waals surface area contributed by atoms with Crippen molar-refractivity contribution in [3.63, 3.8) is 0 Å². The first-order valence-corrected chi connectivity index (χ1v) is 11.9. The Bertz CT molecular complexity index is 1330. The summed E-state index contributed by atoms with van der Waals surface area (Å²) in [7, 11) is 3.11. The topological polar surface area (TPSA) is 90.6 Å². The smallest absolute Gasteiger partial charge is 0.250 e. The van der Waals surface area contributed by atoms with Crippen LogP contribution in [0.4, 0.5) is 0 Å². The number of benzene rings is 3. The van der Waals surface area contributed by atoms with Crippen LogP contribution in [0.2, 0.25) is 5.02 Å². The summed E-state index contributed by atoms with van der Waals surface area (Å²) in [4.78, 5) is 12.5. The van der Waals surface area contributed by atoms with Crippen molar-refractivity contribution in [2.75, 3.05) is 20.0 Å². The van der Waals surface area contributed by atoms with Crippen LogP contribution in [-0.2, 0) is 4.79 Å². The third-order valence-electron chi connectivity index (χ3n) is 4.91. The molecule has 1 amide bonds. The number of amides is 1. The molecular formula is C25H22ClN5O3S. The number of ether oxygens (including phenoxy) is 2. The minimum atomic E-state index is -0.292. The van der Waals surface area contributed by atoms with Gasteiger partial charge in [0.15, 0.2) is 22.5 Å². The average Bonchev–Trinajstić information content (AvgIpc) is 3.32. The molecule has 0 radical (unpaired) electrons. The largest absolute Gasteiger partial charge is 0.493 e. The third kappa shape index (κ3) is 5.82. The third-order valence-corrected chi connectivity index (χ3v) is 6.09. The number of hydrazone groups is 1. The maximum atomic E-state index is 12.5. The Labute approximate surface area is 211 Å². The monoisotopic (exact) mass is 507 g/mol. The predicted octanol–water partition coefficient (Wildman–Crippen LogP) is 4.85. The Kier molecular flexibility index (Phi) is 8.02. The summed E-state index contributed by atoms with van der Waals surface area (Å²) >= 11 is 7.33. The number of carbonyl (C=O) groups is 1. The van der Waals surface area contributed by atoms with Crippen LogP contribution in [0.3, 0.4) is 0 Å². The second-order valence-corrected chi connectivity index (χ2v) is 8.53. The Morgan fingerprint density at radius 1 is 1.03 bits per heavy atom. The highest BCUT2D eigenvalue weighted by molar-refractivity contribution is 7.99. The fourth-order valence-corrected chi connectivity index (χ4v) is 4.18. The van der Waals surface area contributed by atoms with E-state index in [1.165, 1.54) is 18.0 Å². The standard InChI is InChI=1S/C25H22ClN5O3S/c1-33-21-10-6-9-18(23(21)34-2)15-27-28-22(32)16-35-25-30-29-24(17-7-4-3-5-8-17)31(25)20-13-11-19(26)12-14-20/h3-15H,16H2,1-2H3,(H,28,32)/b27-15-. The quantitative estimate of drug-likeness (QED) is 0.198. The van der Waals surface area contributed by atoms with E-state index in [1.807, 2.05) is 59.2 Å². The van der Waals surface area contributed by atoms with Crippen molar-refractivity contribution in [1.29, 1.82) is 0 Å². The highest BCUT2D eigenvalue weighted by Crippen LogP contribution is 2.30. The number of halogens is 1. The number of aromatic nitrogens is 3. The first-order valence-electron chi connectivity index (χ1n) is 10.5. The molecule has 1 N–H and O–H groups in total. The van der Waals surface area contributed by atoms with Gasteiger partial charge in [-0.2, -0.15) is 5.10 Å². The molecule has 0 saturated carbocycles. The van der Waals surface area contributed by atoms with E-state index in [0.29, 0.717) is 33.1 Å². The Morgan fingerprint density at radius 3 is 2.51 bits per heavy atom. The van der Waals surface area contributed by atoms with Crippen LogP contribution < -0.4 is 14.9 Å². The van der Waals surface area contributed by atoms with E-state index in [9.17, 15) is 4.79 Å². The fourth-order valence-electron chi connectivity index (χ4n) is 3.31. The number of nitrogens with zero attached hydrogens (tertiary/aromatic N) is 4. The van der Waals surface area contributed by atoms with Gasteiger partial charge in [0.2, 0.25) is 0 Å². The van der Waals surface area contributed by atoms with Crippen molar-refractivity contribution in [1.82, 2.24) is 20.2 Å². The van der Waals surface area contributed by atoms with Gasteiger partial charge in [-0.1, -0.05) is 59.8 Å².